The van der Waals surface area contributed by atoms with Crippen molar-refractivity contribution in [3.8, 4) is 11.5 Å². The third-order valence-electron chi connectivity index (χ3n) is 5.72. The zero-order chi connectivity index (χ0) is 20.0. The number of Topliss-reactive ketones (excluding diaryl/α,β-unsaturated/α-hetero) is 1. The van der Waals surface area contributed by atoms with Crippen molar-refractivity contribution in [2.24, 2.45) is 0 Å². The van der Waals surface area contributed by atoms with Gasteiger partial charge in [-0.1, -0.05) is 12.1 Å². The van der Waals surface area contributed by atoms with E-state index in [1.165, 1.54) is 9.75 Å². The van der Waals surface area contributed by atoms with E-state index in [-0.39, 0.29) is 17.6 Å². The average molecular weight is 424 g/mol. The van der Waals surface area contributed by atoms with Crippen molar-refractivity contribution >= 4 is 34.1 Å². The van der Waals surface area contributed by atoms with Crippen LogP contribution in [0.5, 0.6) is 11.5 Å². The standard InChI is InChI=1S/C23H21NO3S2/c1-26-18-11-14-15(12-19(18)27-2)24-16-9-13(20-5-3-7-28-20)10-17(25)23(16)22(14)21-6-4-8-29-21/h3-8,11-13,22,24H,9-10H2,1-2H3/t13-,22+/m1/s1. The van der Waals surface area contributed by atoms with Crippen molar-refractivity contribution in [3.05, 3.63) is 73.7 Å². The van der Waals surface area contributed by atoms with Gasteiger partial charge < -0.3 is 14.8 Å². The second-order valence-electron chi connectivity index (χ2n) is 7.30. The summed E-state index contributed by atoms with van der Waals surface area (Å²) in [6, 6.07) is 12.3. The van der Waals surface area contributed by atoms with Crippen LogP contribution in [0, 0.1) is 0 Å². The molecule has 0 saturated heterocycles. The van der Waals surface area contributed by atoms with Gasteiger partial charge in [0.1, 0.15) is 0 Å². The van der Waals surface area contributed by atoms with Gasteiger partial charge in [-0.3, -0.25) is 4.79 Å². The van der Waals surface area contributed by atoms with E-state index in [4.69, 9.17) is 9.47 Å². The topological polar surface area (TPSA) is 47.6 Å². The predicted octanol–water partition coefficient (Wildman–Crippen LogP) is 5.79. The van der Waals surface area contributed by atoms with Gasteiger partial charge in [-0.15, -0.1) is 22.7 Å². The molecule has 2 aliphatic rings. The second-order valence-corrected chi connectivity index (χ2v) is 9.26. The maximum atomic E-state index is 13.4. The Balaban J connectivity index is 1.66. The lowest BCUT2D eigenvalue weighted by molar-refractivity contribution is -0.116. The molecule has 2 atom stereocenters. The van der Waals surface area contributed by atoms with Crippen LogP contribution < -0.4 is 14.8 Å². The summed E-state index contributed by atoms with van der Waals surface area (Å²) in [5.41, 5.74) is 3.99. The van der Waals surface area contributed by atoms with E-state index in [9.17, 15) is 4.79 Å². The van der Waals surface area contributed by atoms with Crippen molar-refractivity contribution in [2.75, 3.05) is 19.5 Å². The van der Waals surface area contributed by atoms with Crippen molar-refractivity contribution in [1.82, 2.24) is 0 Å². The fourth-order valence-electron chi connectivity index (χ4n) is 4.42. The van der Waals surface area contributed by atoms with E-state index >= 15 is 0 Å². The highest BCUT2D eigenvalue weighted by molar-refractivity contribution is 7.10. The number of fused-ring (bicyclic) bond motifs is 1. The molecule has 1 aromatic carbocycles. The summed E-state index contributed by atoms with van der Waals surface area (Å²) >= 11 is 3.42. The van der Waals surface area contributed by atoms with Crippen LogP contribution in [0.1, 0.15) is 40.0 Å². The number of benzene rings is 1. The molecule has 1 N–H and O–H groups in total. The molecule has 1 aliphatic heterocycles. The third-order valence-corrected chi connectivity index (χ3v) is 7.69. The van der Waals surface area contributed by atoms with Crippen molar-refractivity contribution in [2.45, 2.75) is 24.7 Å². The first-order valence-electron chi connectivity index (χ1n) is 9.55. The average Bonchev–Trinajstić information content (AvgIpc) is 3.45. The van der Waals surface area contributed by atoms with Gasteiger partial charge >= 0.3 is 0 Å². The summed E-state index contributed by atoms with van der Waals surface area (Å²) in [4.78, 5) is 15.8. The number of nitrogens with one attached hydrogen (secondary N) is 1. The van der Waals surface area contributed by atoms with Crippen LogP contribution in [0.4, 0.5) is 5.69 Å². The molecular formula is C23H21NO3S2. The number of methoxy groups -OCH3 is 2. The molecule has 4 nitrogen and oxygen atoms in total. The van der Waals surface area contributed by atoms with Crippen LogP contribution >= 0.6 is 22.7 Å². The van der Waals surface area contributed by atoms with E-state index in [1.807, 2.05) is 18.2 Å². The monoisotopic (exact) mass is 423 g/mol. The first-order chi connectivity index (χ1) is 14.2. The van der Waals surface area contributed by atoms with Crippen molar-refractivity contribution in [1.29, 1.82) is 0 Å². The first kappa shape index (κ1) is 18.5. The summed E-state index contributed by atoms with van der Waals surface area (Å²) < 4.78 is 11.1. The molecule has 6 heteroatoms. The van der Waals surface area contributed by atoms with Gasteiger partial charge in [0, 0.05) is 45.1 Å². The molecule has 1 aliphatic carbocycles. The van der Waals surface area contributed by atoms with Gasteiger partial charge in [0.05, 0.1) is 20.1 Å². The number of hydrogen-bond donors (Lipinski definition) is 1. The molecule has 0 amide bonds. The minimum atomic E-state index is -0.0714. The quantitative estimate of drug-likeness (QED) is 0.577. The highest BCUT2D eigenvalue weighted by Crippen LogP contribution is 2.51. The molecule has 0 radical (unpaired) electrons. The van der Waals surface area contributed by atoms with E-state index in [1.54, 1.807) is 36.9 Å². The number of anilines is 1. The number of hydrogen-bond acceptors (Lipinski definition) is 6. The maximum absolute atomic E-state index is 13.4. The Morgan fingerprint density at radius 1 is 0.966 bits per heavy atom. The van der Waals surface area contributed by atoms with E-state index in [2.05, 4.69) is 34.3 Å². The summed E-state index contributed by atoms with van der Waals surface area (Å²) in [5, 5.41) is 7.72. The van der Waals surface area contributed by atoms with Gasteiger partial charge in [-0.2, -0.15) is 0 Å². The van der Waals surface area contributed by atoms with Crippen LogP contribution in [0.15, 0.2) is 58.4 Å². The minimum absolute atomic E-state index is 0.0714. The number of carbonyl (C=O) groups is 1. The summed E-state index contributed by atoms with van der Waals surface area (Å²) in [5.74, 6) is 1.76. The highest BCUT2D eigenvalue weighted by atomic mass is 32.1. The number of thiophene rings is 2. The predicted molar refractivity (Wildman–Crippen MR) is 118 cm³/mol. The van der Waals surface area contributed by atoms with Crippen LogP contribution in [0.3, 0.4) is 0 Å². The molecule has 2 aromatic heterocycles. The van der Waals surface area contributed by atoms with Gasteiger partial charge in [0.2, 0.25) is 0 Å². The Morgan fingerprint density at radius 2 is 1.66 bits per heavy atom. The van der Waals surface area contributed by atoms with Gasteiger partial charge in [0.15, 0.2) is 17.3 Å². The zero-order valence-corrected chi connectivity index (χ0v) is 17.9. The molecule has 0 spiro atoms. The lowest BCUT2D eigenvalue weighted by Crippen LogP contribution is -2.29. The molecule has 148 valence electrons. The van der Waals surface area contributed by atoms with Gasteiger partial charge in [-0.05, 0) is 40.9 Å². The lowest BCUT2D eigenvalue weighted by atomic mass is 9.74. The fourth-order valence-corrected chi connectivity index (χ4v) is 6.10. The van der Waals surface area contributed by atoms with Crippen molar-refractivity contribution < 1.29 is 14.3 Å². The second kappa shape index (κ2) is 7.35. The van der Waals surface area contributed by atoms with E-state index in [0.717, 1.165) is 28.9 Å². The molecule has 3 heterocycles. The smallest absolute Gasteiger partial charge is 0.162 e. The van der Waals surface area contributed by atoms with E-state index < -0.39 is 0 Å². The van der Waals surface area contributed by atoms with E-state index in [0.29, 0.717) is 17.9 Å². The maximum Gasteiger partial charge on any atom is 0.162 e. The number of carbonyl (C=O) groups excluding carboxylic acids is 1. The summed E-state index contributed by atoms with van der Waals surface area (Å²) in [6.45, 7) is 0. The molecule has 3 aromatic rings. The third kappa shape index (κ3) is 3.07. The number of allylic oxidation sites excluding steroid dienone is 2. The molecule has 0 saturated carbocycles. The number of rotatable bonds is 4. The zero-order valence-electron chi connectivity index (χ0n) is 16.2. The van der Waals surface area contributed by atoms with Gasteiger partial charge in [0.25, 0.3) is 0 Å². The largest absolute Gasteiger partial charge is 0.493 e. The SMILES string of the molecule is COc1cc2c(cc1OC)[C@@H](c1cccs1)C1=C(C[C@@H](c3cccs3)CC1=O)N2. The minimum Gasteiger partial charge on any atom is -0.493 e. The highest BCUT2D eigenvalue weighted by Gasteiger charge is 2.39. The van der Waals surface area contributed by atoms with Crippen LogP contribution in [0.25, 0.3) is 0 Å². The molecule has 0 fully saturated rings. The Labute approximate surface area is 177 Å². The Kier molecular flexibility index (Phi) is 4.68. The molecule has 0 unspecified atom stereocenters. The van der Waals surface area contributed by atoms with Gasteiger partial charge in [-0.25, -0.2) is 0 Å². The van der Waals surface area contributed by atoms with Crippen LogP contribution in [-0.4, -0.2) is 20.0 Å². The number of ketones is 1. The Hall–Kier alpha value is -2.57. The summed E-state index contributed by atoms with van der Waals surface area (Å²) in [7, 11) is 3.29. The normalized spacial score (nSPS) is 20.7. The Bertz CT molecular complexity index is 1080. The fraction of sp³-hybridized carbons (Fsp3) is 0.261. The first-order valence-corrected chi connectivity index (χ1v) is 11.3. The molecule has 0 bridgehead atoms. The van der Waals surface area contributed by atoms with Crippen LogP contribution in [-0.2, 0) is 4.79 Å². The van der Waals surface area contributed by atoms with Crippen LogP contribution in [0.2, 0.25) is 0 Å². The van der Waals surface area contributed by atoms with Crippen molar-refractivity contribution in [3.63, 3.8) is 0 Å². The molecular weight excluding hydrogens is 402 g/mol. The molecule has 29 heavy (non-hydrogen) atoms. The lowest BCUT2D eigenvalue weighted by Gasteiger charge is -2.36. The Morgan fingerprint density at radius 3 is 2.31 bits per heavy atom. The molecule has 5 rings (SSSR count). The summed E-state index contributed by atoms with van der Waals surface area (Å²) in [6.07, 6.45) is 1.41. The number of ether oxygens (including phenoxy) is 2.